The van der Waals surface area contributed by atoms with Crippen LogP contribution in [-0.2, 0) is 23.1 Å². The molecule has 1 N–H and O–H groups in total. The van der Waals surface area contributed by atoms with Gasteiger partial charge in [-0.3, -0.25) is 14.4 Å². The van der Waals surface area contributed by atoms with Crippen LogP contribution in [0.5, 0.6) is 0 Å². The van der Waals surface area contributed by atoms with Crippen LogP contribution in [0.4, 0.5) is 14.5 Å². The van der Waals surface area contributed by atoms with Crippen molar-refractivity contribution in [2.75, 3.05) is 17.8 Å². The largest absolute Gasteiger partial charge is 0.310 e. The van der Waals surface area contributed by atoms with E-state index >= 15 is 0 Å². The number of rotatable bonds is 5. The SMILES string of the molecule is O=c1c(NS(=O)(=O)c2cccc(F)c2)ccc2n1C[C@@H]1C[C@@H]2CN(Cc2ccc(F)cc2)C1. The number of benzene rings is 2. The van der Waals surface area contributed by atoms with E-state index in [-0.39, 0.29) is 28.2 Å². The minimum absolute atomic E-state index is 0.0499. The Morgan fingerprint density at radius 2 is 1.73 bits per heavy atom. The number of aromatic nitrogens is 1. The topological polar surface area (TPSA) is 71.4 Å². The van der Waals surface area contributed by atoms with Gasteiger partial charge in [-0.15, -0.1) is 0 Å². The second kappa shape index (κ2) is 8.39. The maximum absolute atomic E-state index is 13.5. The minimum Gasteiger partial charge on any atom is -0.310 e. The van der Waals surface area contributed by atoms with Gasteiger partial charge in [0.05, 0.1) is 4.90 Å². The lowest BCUT2D eigenvalue weighted by Crippen LogP contribution is -2.47. The molecule has 3 aromatic rings. The van der Waals surface area contributed by atoms with Crippen molar-refractivity contribution in [2.24, 2.45) is 5.92 Å². The Balaban J connectivity index is 1.38. The van der Waals surface area contributed by atoms with Crippen LogP contribution >= 0.6 is 0 Å². The number of halogens is 2. The summed E-state index contributed by atoms with van der Waals surface area (Å²) in [5, 5.41) is 0. The summed E-state index contributed by atoms with van der Waals surface area (Å²) in [6.45, 7) is 2.78. The third-order valence-corrected chi connectivity index (χ3v) is 7.71. The van der Waals surface area contributed by atoms with Crippen molar-refractivity contribution in [3.05, 3.63) is 93.9 Å². The summed E-state index contributed by atoms with van der Waals surface area (Å²) in [6, 6.07) is 14.4. The third kappa shape index (κ3) is 4.43. The molecule has 172 valence electrons. The van der Waals surface area contributed by atoms with Gasteiger partial charge in [-0.25, -0.2) is 17.2 Å². The molecule has 0 spiro atoms. The molecule has 1 aromatic heterocycles. The average Bonchev–Trinajstić information content (AvgIpc) is 2.77. The van der Waals surface area contributed by atoms with E-state index in [1.165, 1.54) is 30.3 Å². The molecule has 6 nitrogen and oxygen atoms in total. The molecule has 0 aliphatic carbocycles. The average molecular weight is 472 g/mol. The summed E-state index contributed by atoms with van der Waals surface area (Å²) in [6.07, 6.45) is 0.966. The Bertz CT molecular complexity index is 1360. The highest BCUT2D eigenvalue weighted by molar-refractivity contribution is 7.92. The Hall–Kier alpha value is -3.04. The first-order valence-corrected chi connectivity index (χ1v) is 12.3. The number of nitrogens with zero attached hydrogens (tertiary/aromatic N) is 2. The van der Waals surface area contributed by atoms with Gasteiger partial charge in [-0.2, -0.15) is 0 Å². The van der Waals surface area contributed by atoms with Crippen LogP contribution in [-0.4, -0.2) is 31.0 Å². The van der Waals surface area contributed by atoms with E-state index in [9.17, 15) is 22.0 Å². The highest BCUT2D eigenvalue weighted by atomic mass is 32.2. The van der Waals surface area contributed by atoms with E-state index in [4.69, 9.17) is 0 Å². The normalized spacial score (nSPS) is 20.3. The molecule has 2 aliphatic rings. The van der Waals surface area contributed by atoms with Crippen LogP contribution in [0.25, 0.3) is 0 Å². The molecule has 5 rings (SSSR count). The van der Waals surface area contributed by atoms with Gasteiger partial charge in [-0.05, 0) is 60.4 Å². The molecule has 2 aromatic carbocycles. The zero-order valence-corrected chi connectivity index (χ0v) is 18.6. The summed E-state index contributed by atoms with van der Waals surface area (Å²) in [5.41, 5.74) is 1.48. The highest BCUT2D eigenvalue weighted by Gasteiger charge is 2.35. The fourth-order valence-corrected chi connectivity index (χ4v) is 6.03. The predicted octanol–water partition coefficient (Wildman–Crippen LogP) is 3.55. The maximum Gasteiger partial charge on any atom is 0.275 e. The van der Waals surface area contributed by atoms with Crippen molar-refractivity contribution in [3.8, 4) is 0 Å². The summed E-state index contributed by atoms with van der Waals surface area (Å²) in [5.74, 6) is -0.520. The fraction of sp³-hybridized carbons (Fsp3) is 0.292. The molecule has 0 unspecified atom stereocenters. The Kier molecular flexibility index (Phi) is 5.54. The zero-order chi connectivity index (χ0) is 23.2. The second-order valence-electron chi connectivity index (χ2n) is 8.77. The molecular formula is C24H23F2N3O3S. The number of pyridine rings is 1. The number of piperidine rings is 1. The van der Waals surface area contributed by atoms with Gasteiger partial charge < -0.3 is 4.57 Å². The molecule has 3 heterocycles. The molecule has 0 radical (unpaired) electrons. The van der Waals surface area contributed by atoms with E-state index in [0.29, 0.717) is 13.1 Å². The number of anilines is 1. The lowest BCUT2D eigenvalue weighted by Gasteiger charge is -2.43. The number of likely N-dealkylation sites (tertiary alicyclic amines) is 1. The molecule has 0 amide bonds. The minimum atomic E-state index is -4.09. The van der Waals surface area contributed by atoms with Gasteiger partial charge in [0.25, 0.3) is 15.6 Å². The number of hydrogen-bond donors (Lipinski definition) is 1. The van der Waals surface area contributed by atoms with E-state index < -0.39 is 21.4 Å². The van der Waals surface area contributed by atoms with Crippen LogP contribution in [0, 0.1) is 17.6 Å². The van der Waals surface area contributed by atoms with Gasteiger partial charge >= 0.3 is 0 Å². The monoisotopic (exact) mass is 471 g/mol. The number of hydrogen-bond acceptors (Lipinski definition) is 4. The Labute approximate surface area is 190 Å². The van der Waals surface area contributed by atoms with Crippen molar-refractivity contribution in [1.82, 2.24) is 9.47 Å². The fourth-order valence-electron chi connectivity index (χ4n) is 4.94. The smallest absolute Gasteiger partial charge is 0.275 e. The van der Waals surface area contributed by atoms with Crippen molar-refractivity contribution in [3.63, 3.8) is 0 Å². The van der Waals surface area contributed by atoms with Crippen LogP contribution in [0.15, 0.2) is 70.4 Å². The summed E-state index contributed by atoms with van der Waals surface area (Å²) < 4.78 is 56.0. The number of sulfonamides is 1. The molecule has 9 heteroatoms. The first-order chi connectivity index (χ1) is 15.8. The van der Waals surface area contributed by atoms with E-state index in [2.05, 4.69) is 9.62 Å². The van der Waals surface area contributed by atoms with E-state index in [1.54, 1.807) is 22.8 Å². The van der Waals surface area contributed by atoms with Gasteiger partial charge in [0.1, 0.15) is 17.3 Å². The molecule has 0 saturated carbocycles. The Morgan fingerprint density at radius 1 is 0.939 bits per heavy atom. The molecule has 1 saturated heterocycles. The van der Waals surface area contributed by atoms with E-state index in [1.807, 2.05) is 0 Å². The molecule has 1 fully saturated rings. The second-order valence-corrected chi connectivity index (χ2v) is 10.5. The third-order valence-electron chi connectivity index (χ3n) is 6.35. The van der Waals surface area contributed by atoms with Gasteiger partial charge in [0.2, 0.25) is 0 Å². The number of nitrogens with one attached hydrogen (secondary N) is 1. The summed E-state index contributed by atoms with van der Waals surface area (Å²) >= 11 is 0. The molecule has 2 atom stereocenters. The van der Waals surface area contributed by atoms with Gasteiger partial charge in [0.15, 0.2) is 0 Å². The molecule has 2 aliphatic heterocycles. The first kappa shape index (κ1) is 21.8. The molecule has 2 bridgehead atoms. The first-order valence-electron chi connectivity index (χ1n) is 10.8. The highest BCUT2D eigenvalue weighted by Crippen LogP contribution is 2.36. The summed E-state index contributed by atoms with van der Waals surface area (Å²) in [4.78, 5) is 15.2. The molecular weight excluding hydrogens is 448 g/mol. The van der Waals surface area contributed by atoms with Crippen molar-refractivity contribution in [2.45, 2.75) is 30.3 Å². The van der Waals surface area contributed by atoms with Crippen LogP contribution < -0.4 is 10.3 Å². The number of fused-ring (bicyclic) bond motifs is 4. The van der Waals surface area contributed by atoms with Crippen molar-refractivity contribution >= 4 is 15.7 Å². The molecule has 33 heavy (non-hydrogen) atoms. The van der Waals surface area contributed by atoms with Crippen LogP contribution in [0.2, 0.25) is 0 Å². The predicted molar refractivity (Wildman–Crippen MR) is 120 cm³/mol. The lowest BCUT2D eigenvalue weighted by molar-refractivity contribution is 0.114. The van der Waals surface area contributed by atoms with Crippen LogP contribution in [0.1, 0.15) is 23.6 Å². The van der Waals surface area contributed by atoms with Gasteiger partial charge in [-0.1, -0.05) is 18.2 Å². The standard InChI is InChI=1S/C24H23F2N3O3S/c25-19-6-4-16(5-7-19)12-28-13-17-10-18(15-28)23-9-8-22(24(30)29(23)14-17)27-33(31,32)21-3-1-2-20(26)11-21/h1-9,11,17-18,27H,10,12-15H2/t17-,18-/m1/s1. The Morgan fingerprint density at radius 3 is 2.48 bits per heavy atom. The van der Waals surface area contributed by atoms with Gasteiger partial charge in [0, 0.05) is 37.8 Å². The van der Waals surface area contributed by atoms with Crippen molar-refractivity contribution < 1.29 is 17.2 Å². The zero-order valence-electron chi connectivity index (χ0n) is 17.7. The van der Waals surface area contributed by atoms with E-state index in [0.717, 1.165) is 42.9 Å². The maximum atomic E-state index is 13.5. The quantitative estimate of drug-likeness (QED) is 0.618. The van der Waals surface area contributed by atoms with Crippen LogP contribution in [0.3, 0.4) is 0 Å². The summed E-state index contributed by atoms with van der Waals surface area (Å²) in [7, 11) is -4.09. The lowest BCUT2D eigenvalue weighted by atomic mass is 9.83. The van der Waals surface area contributed by atoms with Crippen molar-refractivity contribution in [1.29, 1.82) is 0 Å².